The van der Waals surface area contributed by atoms with E-state index < -0.39 is 34.6 Å². The molecule has 0 aliphatic rings. The average Bonchev–Trinajstić information content (AvgIpc) is 2.66. The minimum absolute atomic E-state index is 0.163. The second kappa shape index (κ2) is 9.75. The number of hydrogen-bond donors (Lipinski definition) is 2. The molecule has 0 spiro atoms. The normalized spacial score (nSPS) is 11.9. The lowest BCUT2D eigenvalue weighted by molar-refractivity contribution is 0.260. The Labute approximate surface area is 158 Å². The summed E-state index contributed by atoms with van der Waals surface area (Å²) in [6.07, 6.45) is 0.0722. The van der Waals surface area contributed by atoms with Crippen molar-refractivity contribution in [2.24, 2.45) is 0 Å². The Morgan fingerprint density at radius 1 is 1.00 bits per heavy atom. The first-order valence-electron chi connectivity index (χ1n) is 8.15. The molecule has 3 nitrogen and oxygen atoms in total. The van der Waals surface area contributed by atoms with Gasteiger partial charge in [-0.25, -0.2) is 8.78 Å². The summed E-state index contributed by atoms with van der Waals surface area (Å²) in [6, 6.07) is 6.46. The second-order valence-electron chi connectivity index (χ2n) is 5.73. The summed E-state index contributed by atoms with van der Waals surface area (Å²) < 4.78 is 66.7. The van der Waals surface area contributed by atoms with E-state index in [9.17, 15) is 17.6 Å². The van der Waals surface area contributed by atoms with Crippen LogP contribution in [0.3, 0.4) is 0 Å². The van der Waals surface area contributed by atoms with Crippen molar-refractivity contribution in [1.29, 1.82) is 0 Å². The molecule has 27 heavy (non-hydrogen) atoms. The number of aliphatic hydroxyl groups excluding tert-OH is 1. The van der Waals surface area contributed by atoms with Crippen molar-refractivity contribution < 1.29 is 32.1 Å². The molecule has 0 aromatic heterocycles. The topological polar surface area (TPSA) is 38.7 Å². The van der Waals surface area contributed by atoms with Crippen LogP contribution in [0.4, 0.5) is 17.6 Å². The van der Waals surface area contributed by atoms with E-state index in [0.29, 0.717) is 28.4 Å². The van der Waals surface area contributed by atoms with Crippen LogP contribution in [0.25, 0.3) is 0 Å². The van der Waals surface area contributed by atoms with Gasteiger partial charge >= 0.3 is 0 Å². The minimum Gasteiger partial charge on any atom is -0.497 e. The number of benzene rings is 2. The largest absolute Gasteiger partial charge is 0.497 e. The van der Waals surface area contributed by atoms with Crippen molar-refractivity contribution in [2.75, 3.05) is 12.9 Å². The first-order chi connectivity index (χ1) is 12.8. The van der Waals surface area contributed by atoms with Gasteiger partial charge in [0, 0.05) is 5.56 Å². The number of hydrogen-bond acceptors (Lipinski definition) is 2. The van der Waals surface area contributed by atoms with Gasteiger partial charge in [-0.1, -0.05) is 12.1 Å². The van der Waals surface area contributed by atoms with Crippen LogP contribution in [-0.2, 0) is 13.0 Å². The molecule has 0 fully saturated rings. The van der Waals surface area contributed by atoms with Crippen LogP contribution in [0.5, 0.6) is 11.5 Å². The molecule has 0 aliphatic carbocycles. The summed E-state index contributed by atoms with van der Waals surface area (Å²) in [4.78, 5) is 0. The average molecular weight is 404 g/mol. The predicted molar refractivity (Wildman–Crippen MR) is 99.1 cm³/mol. The number of thiol groups is 1. The van der Waals surface area contributed by atoms with Gasteiger partial charge in [0.2, 0.25) is 11.6 Å². The van der Waals surface area contributed by atoms with Crippen molar-refractivity contribution in [1.82, 2.24) is 0 Å². The van der Waals surface area contributed by atoms with Crippen LogP contribution in [0, 0.1) is 23.3 Å². The van der Waals surface area contributed by atoms with Crippen LogP contribution < -0.4 is 9.47 Å². The van der Waals surface area contributed by atoms with Crippen LogP contribution in [0.15, 0.2) is 24.3 Å². The molecule has 0 radical (unpaired) electrons. The van der Waals surface area contributed by atoms with E-state index in [-0.39, 0.29) is 24.5 Å². The zero-order valence-electron chi connectivity index (χ0n) is 14.9. The fraction of sp³-hybridized carbons (Fsp3) is 0.316. The van der Waals surface area contributed by atoms with Gasteiger partial charge < -0.3 is 14.6 Å². The third kappa shape index (κ3) is 5.46. The Morgan fingerprint density at radius 2 is 1.59 bits per heavy atom. The van der Waals surface area contributed by atoms with E-state index in [0.717, 1.165) is 0 Å². The summed E-state index contributed by atoms with van der Waals surface area (Å²) in [5.41, 5.74) is -0.110. The molecule has 0 unspecified atom stereocenters. The summed E-state index contributed by atoms with van der Waals surface area (Å²) in [5, 5.41) is 9.24. The fourth-order valence-electron chi connectivity index (χ4n) is 2.38. The molecule has 2 aromatic rings. The lowest BCUT2D eigenvalue weighted by Crippen LogP contribution is -2.09. The molecular formula is C19H20F4O3S. The Hall–Kier alpha value is -2.06. The van der Waals surface area contributed by atoms with Crippen molar-refractivity contribution in [3.63, 3.8) is 0 Å². The second-order valence-corrected chi connectivity index (χ2v) is 7.14. The SMILES string of the molecule is COc1ccc(COc2c(F)c(F)c(CCC[SH]=C(C)O)c(F)c2F)cc1. The van der Waals surface area contributed by atoms with Gasteiger partial charge in [0.15, 0.2) is 17.4 Å². The van der Waals surface area contributed by atoms with Crippen LogP contribution in [0.2, 0.25) is 0 Å². The monoisotopic (exact) mass is 404 g/mol. The highest BCUT2D eigenvalue weighted by atomic mass is 32.1. The van der Waals surface area contributed by atoms with Crippen molar-refractivity contribution in [3.8, 4) is 11.5 Å². The Kier molecular flexibility index (Phi) is 7.67. The molecule has 8 heteroatoms. The van der Waals surface area contributed by atoms with Crippen LogP contribution in [0.1, 0.15) is 24.5 Å². The van der Waals surface area contributed by atoms with E-state index in [1.165, 1.54) is 14.0 Å². The van der Waals surface area contributed by atoms with Crippen molar-refractivity contribution in [3.05, 3.63) is 58.7 Å². The number of halogens is 4. The Bertz CT molecular complexity index is 790. The van der Waals surface area contributed by atoms with Gasteiger partial charge in [-0.15, -0.1) is 0 Å². The number of methoxy groups -OCH3 is 1. The molecule has 0 saturated carbocycles. The predicted octanol–water partition coefficient (Wildman–Crippen LogP) is 4.94. The molecule has 0 heterocycles. The summed E-state index contributed by atoms with van der Waals surface area (Å²) in [6.45, 7) is 1.23. The molecule has 0 amide bonds. The van der Waals surface area contributed by atoms with Crippen LogP contribution in [-0.4, -0.2) is 23.0 Å². The number of aliphatic hydroxyl groups is 1. The molecule has 0 atom stereocenters. The van der Waals surface area contributed by atoms with Gasteiger partial charge in [-0.3, -0.25) is 0 Å². The maximum Gasteiger partial charge on any atom is 0.204 e. The van der Waals surface area contributed by atoms with Gasteiger partial charge in [-0.05, 0) is 43.2 Å². The molecule has 2 rings (SSSR count). The molecule has 0 aliphatic heterocycles. The number of ether oxygens (including phenoxy) is 2. The van der Waals surface area contributed by atoms with Crippen LogP contribution >= 0.6 is 11.4 Å². The lowest BCUT2D eigenvalue weighted by Gasteiger charge is -2.13. The zero-order valence-corrected chi connectivity index (χ0v) is 15.8. The summed E-state index contributed by atoms with van der Waals surface area (Å²) in [5.74, 6) is -6.10. The molecule has 0 bridgehead atoms. The molecule has 1 N–H and O–H groups in total. The lowest BCUT2D eigenvalue weighted by atomic mass is 10.1. The highest BCUT2D eigenvalue weighted by molar-refractivity contribution is 7.98. The smallest absolute Gasteiger partial charge is 0.204 e. The Morgan fingerprint density at radius 3 is 2.11 bits per heavy atom. The maximum absolute atomic E-state index is 14.2. The van der Waals surface area contributed by atoms with Gasteiger partial charge in [0.1, 0.15) is 12.4 Å². The Balaban J connectivity index is 2.16. The number of rotatable bonds is 8. The standard InChI is InChI=1S/C19H20F4O3S/c1-11(24)27-9-3-4-14-15(20)17(22)19(18(23)16(14)21)26-10-12-5-7-13(25-2)8-6-12/h5-8,24,27H,3-4,9-10H2,1-2H3. The highest BCUT2D eigenvalue weighted by Gasteiger charge is 2.26. The zero-order chi connectivity index (χ0) is 20.0. The van der Waals surface area contributed by atoms with E-state index in [2.05, 4.69) is 0 Å². The third-order valence-electron chi connectivity index (χ3n) is 3.78. The van der Waals surface area contributed by atoms with E-state index >= 15 is 0 Å². The van der Waals surface area contributed by atoms with E-state index in [1.807, 2.05) is 0 Å². The first kappa shape index (κ1) is 21.2. The third-order valence-corrected chi connectivity index (χ3v) is 4.78. The fourth-order valence-corrected chi connectivity index (χ4v) is 3.02. The molecular weight excluding hydrogens is 384 g/mol. The summed E-state index contributed by atoms with van der Waals surface area (Å²) >= 11 is 0.602. The van der Waals surface area contributed by atoms with E-state index in [4.69, 9.17) is 14.6 Å². The van der Waals surface area contributed by atoms with Gasteiger partial charge in [-0.2, -0.15) is 20.1 Å². The molecule has 0 saturated heterocycles. The summed E-state index contributed by atoms with van der Waals surface area (Å²) in [7, 11) is 1.49. The van der Waals surface area contributed by atoms with Gasteiger partial charge in [0.25, 0.3) is 0 Å². The molecule has 2 aromatic carbocycles. The minimum atomic E-state index is -1.56. The van der Waals surface area contributed by atoms with Gasteiger partial charge in [0.05, 0.1) is 12.2 Å². The maximum atomic E-state index is 14.2. The first-order valence-corrected chi connectivity index (χ1v) is 9.23. The highest BCUT2D eigenvalue weighted by Crippen LogP contribution is 2.31. The quantitative estimate of drug-likeness (QED) is 0.215. The molecule has 148 valence electrons. The van der Waals surface area contributed by atoms with Crippen molar-refractivity contribution in [2.45, 2.75) is 26.4 Å². The van der Waals surface area contributed by atoms with E-state index in [1.54, 1.807) is 24.3 Å². The van der Waals surface area contributed by atoms with Crippen molar-refractivity contribution >= 4 is 16.4 Å².